The smallest absolute Gasteiger partial charge is 0.252 e. The van der Waals surface area contributed by atoms with Gasteiger partial charge in [-0.2, -0.15) is 0 Å². The van der Waals surface area contributed by atoms with E-state index >= 15 is 0 Å². The zero-order chi connectivity index (χ0) is 30.3. The average molecular weight is 610 g/mol. The van der Waals surface area contributed by atoms with Gasteiger partial charge in [-0.1, -0.05) is 44.7 Å². The number of hydrogen-bond acceptors (Lipinski definition) is 6. The SMILES string of the molecule is CCCCN1C(=O)[C@@H]([C@H](O)C2CCCCC2)NC(=O)[C@H]1C1CCN(Cc2ccc(Oc3ccc(C(=O)Cl)cc3)cc2)CC1. The van der Waals surface area contributed by atoms with Crippen LogP contribution in [-0.4, -0.2) is 69.8 Å². The van der Waals surface area contributed by atoms with E-state index in [-0.39, 0.29) is 23.7 Å². The first-order chi connectivity index (χ1) is 20.8. The maximum absolute atomic E-state index is 13.7. The summed E-state index contributed by atoms with van der Waals surface area (Å²) in [5, 5.41) is 13.6. The van der Waals surface area contributed by atoms with Crippen molar-refractivity contribution >= 4 is 28.7 Å². The molecule has 1 saturated carbocycles. The van der Waals surface area contributed by atoms with Crippen LogP contribution in [0.3, 0.4) is 0 Å². The van der Waals surface area contributed by atoms with E-state index in [0.717, 1.165) is 71.0 Å². The van der Waals surface area contributed by atoms with Gasteiger partial charge in [-0.15, -0.1) is 0 Å². The standard InChI is InChI=1S/C34H44ClN3O5/c1-2-3-19-38-30(33(41)36-29(34(38)42)31(39)25-7-5-4-6-8-25)24-17-20-37(21-18-24)22-23-9-13-27(14-10-23)43-28-15-11-26(12-16-28)32(35)40/h9-16,24-25,29-31,39H,2-8,17-22H2,1H3,(H,36,41)/t29-,30-,31-/m1/s1. The molecule has 43 heavy (non-hydrogen) atoms. The number of halogens is 1. The van der Waals surface area contributed by atoms with Gasteiger partial charge < -0.3 is 20.1 Å². The highest BCUT2D eigenvalue weighted by molar-refractivity contribution is 6.67. The summed E-state index contributed by atoms with van der Waals surface area (Å²) in [6, 6.07) is 13.4. The molecule has 1 aliphatic carbocycles. The number of piperazine rings is 1. The number of nitrogens with one attached hydrogen (secondary N) is 1. The molecule has 2 heterocycles. The molecule has 0 bridgehead atoms. The number of likely N-dealkylation sites (tertiary alicyclic amines) is 1. The predicted octanol–water partition coefficient (Wildman–Crippen LogP) is 5.51. The first-order valence-corrected chi connectivity index (χ1v) is 16.3. The third kappa shape index (κ3) is 7.78. The largest absolute Gasteiger partial charge is 0.457 e. The number of carbonyl (C=O) groups excluding carboxylic acids is 3. The number of hydrogen-bond donors (Lipinski definition) is 2. The van der Waals surface area contributed by atoms with Gasteiger partial charge in [-0.25, -0.2) is 0 Å². The Bertz CT molecular complexity index is 1240. The quantitative estimate of drug-likeness (QED) is 0.326. The number of rotatable bonds is 11. The van der Waals surface area contributed by atoms with Crippen molar-refractivity contribution in [2.75, 3.05) is 19.6 Å². The molecule has 2 saturated heterocycles. The van der Waals surface area contributed by atoms with Crippen LogP contribution >= 0.6 is 11.6 Å². The summed E-state index contributed by atoms with van der Waals surface area (Å²) < 4.78 is 5.90. The summed E-state index contributed by atoms with van der Waals surface area (Å²) in [5.41, 5.74) is 1.60. The van der Waals surface area contributed by atoms with Crippen molar-refractivity contribution in [1.29, 1.82) is 0 Å². The van der Waals surface area contributed by atoms with Crippen molar-refractivity contribution in [1.82, 2.24) is 15.1 Å². The van der Waals surface area contributed by atoms with Gasteiger partial charge in [0, 0.05) is 18.7 Å². The Morgan fingerprint density at radius 1 is 0.977 bits per heavy atom. The predicted molar refractivity (Wildman–Crippen MR) is 166 cm³/mol. The highest BCUT2D eigenvalue weighted by Gasteiger charge is 2.48. The number of unbranched alkanes of at least 4 members (excludes halogenated alkanes) is 1. The minimum Gasteiger partial charge on any atom is -0.457 e. The number of ether oxygens (including phenoxy) is 1. The Morgan fingerprint density at radius 2 is 1.60 bits per heavy atom. The molecule has 2 aliphatic heterocycles. The Balaban J connectivity index is 1.16. The van der Waals surface area contributed by atoms with Crippen LogP contribution in [0.25, 0.3) is 0 Å². The molecule has 3 fully saturated rings. The van der Waals surface area contributed by atoms with Crippen molar-refractivity contribution in [3.05, 3.63) is 59.7 Å². The topological polar surface area (TPSA) is 99.2 Å². The normalized spacial score (nSPS) is 23.2. The summed E-state index contributed by atoms with van der Waals surface area (Å²) in [6.07, 6.45) is 7.80. The molecular formula is C34H44ClN3O5. The summed E-state index contributed by atoms with van der Waals surface area (Å²) in [6.45, 7) is 5.15. The lowest BCUT2D eigenvalue weighted by Crippen LogP contribution is -2.69. The van der Waals surface area contributed by atoms with E-state index < -0.39 is 23.4 Å². The molecule has 2 N–H and O–H groups in total. The zero-order valence-electron chi connectivity index (χ0n) is 25.1. The maximum Gasteiger partial charge on any atom is 0.252 e. The van der Waals surface area contributed by atoms with Gasteiger partial charge in [0.15, 0.2) is 0 Å². The summed E-state index contributed by atoms with van der Waals surface area (Å²) in [4.78, 5) is 42.7. The molecule has 232 valence electrons. The highest BCUT2D eigenvalue weighted by atomic mass is 35.5. The van der Waals surface area contributed by atoms with Gasteiger partial charge in [-0.05, 0) is 111 Å². The monoisotopic (exact) mass is 609 g/mol. The second-order valence-electron chi connectivity index (χ2n) is 12.4. The van der Waals surface area contributed by atoms with E-state index in [9.17, 15) is 19.5 Å². The second kappa shape index (κ2) is 14.7. The second-order valence-corrected chi connectivity index (χ2v) is 12.7. The molecule has 0 radical (unpaired) electrons. The van der Waals surface area contributed by atoms with E-state index in [1.54, 1.807) is 29.2 Å². The molecule has 8 nitrogen and oxygen atoms in total. The van der Waals surface area contributed by atoms with Crippen LogP contribution in [0.4, 0.5) is 0 Å². The van der Waals surface area contributed by atoms with Crippen LogP contribution < -0.4 is 10.1 Å². The molecule has 9 heteroatoms. The number of aliphatic hydroxyl groups excluding tert-OH is 1. The Morgan fingerprint density at radius 3 is 2.21 bits per heavy atom. The number of aliphatic hydroxyl groups is 1. The third-order valence-corrected chi connectivity index (χ3v) is 9.62. The van der Waals surface area contributed by atoms with Crippen LogP contribution in [0.1, 0.15) is 80.6 Å². The van der Waals surface area contributed by atoms with Crippen LogP contribution in [0, 0.1) is 11.8 Å². The zero-order valence-corrected chi connectivity index (χ0v) is 25.8. The van der Waals surface area contributed by atoms with Gasteiger partial charge in [0.1, 0.15) is 23.6 Å². The van der Waals surface area contributed by atoms with E-state index in [1.165, 1.54) is 12.0 Å². The molecule has 5 rings (SSSR count). The number of amides is 2. The van der Waals surface area contributed by atoms with Crippen molar-refractivity contribution in [3.63, 3.8) is 0 Å². The van der Waals surface area contributed by atoms with E-state index in [1.807, 2.05) is 12.1 Å². The fraction of sp³-hybridized carbons (Fsp3) is 0.559. The van der Waals surface area contributed by atoms with Gasteiger partial charge in [0.25, 0.3) is 5.24 Å². The molecule has 2 aromatic rings. The van der Waals surface area contributed by atoms with Crippen LogP contribution in [0.2, 0.25) is 0 Å². The number of nitrogens with zero attached hydrogens (tertiary/aromatic N) is 2. The molecular weight excluding hydrogens is 566 g/mol. The Kier molecular flexibility index (Phi) is 10.8. The first-order valence-electron chi connectivity index (χ1n) is 15.9. The maximum atomic E-state index is 13.7. The van der Waals surface area contributed by atoms with Crippen LogP contribution in [0.5, 0.6) is 11.5 Å². The van der Waals surface area contributed by atoms with Crippen molar-refractivity contribution in [2.24, 2.45) is 11.8 Å². The minimum absolute atomic E-state index is 0.0750. The third-order valence-electron chi connectivity index (χ3n) is 9.40. The van der Waals surface area contributed by atoms with Gasteiger partial charge in [0.2, 0.25) is 11.8 Å². The molecule has 2 aromatic carbocycles. The Hall–Kier alpha value is -2.94. The van der Waals surface area contributed by atoms with E-state index in [2.05, 4.69) is 29.3 Å². The van der Waals surface area contributed by atoms with Gasteiger partial charge in [0.05, 0.1) is 6.10 Å². The molecule has 0 aromatic heterocycles. The van der Waals surface area contributed by atoms with Crippen molar-refractivity contribution in [2.45, 2.75) is 89.4 Å². The van der Waals surface area contributed by atoms with Gasteiger partial charge in [-0.3, -0.25) is 19.3 Å². The van der Waals surface area contributed by atoms with E-state index in [0.29, 0.717) is 23.6 Å². The lowest BCUT2D eigenvalue weighted by atomic mass is 9.80. The number of benzene rings is 2. The first kappa shape index (κ1) is 31.5. The number of piperidine rings is 1. The summed E-state index contributed by atoms with van der Waals surface area (Å²) >= 11 is 5.51. The highest BCUT2D eigenvalue weighted by Crippen LogP contribution is 2.33. The number of carbonyl (C=O) groups is 3. The average Bonchev–Trinajstić information content (AvgIpc) is 3.03. The van der Waals surface area contributed by atoms with Crippen LogP contribution in [-0.2, 0) is 16.1 Å². The van der Waals surface area contributed by atoms with Crippen LogP contribution in [0.15, 0.2) is 48.5 Å². The summed E-state index contributed by atoms with van der Waals surface area (Å²) in [5.74, 6) is 1.30. The van der Waals surface area contributed by atoms with Crippen molar-refractivity contribution < 1.29 is 24.2 Å². The fourth-order valence-electron chi connectivity index (χ4n) is 6.92. The van der Waals surface area contributed by atoms with Gasteiger partial charge >= 0.3 is 0 Å². The fourth-order valence-corrected chi connectivity index (χ4v) is 7.05. The molecule has 0 unspecified atom stereocenters. The lowest BCUT2D eigenvalue weighted by molar-refractivity contribution is -0.157. The van der Waals surface area contributed by atoms with Crippen molar-refractivity contribution in [3.8, 4) is 11.5 Å². The molecule has 3 atom stereocenters. The van der Waals surface area contributed by atoms with E-state index in [4.69, 9.17) is 16.3 Å². The minimum atomic E-state index is -0.829. The molecule has 0 spiro atoms. The molecule has 3 aliphatic rings. The lowest BCUT2D eigenvalue weighted by Gasteiger charge is -2.46. The summed E-state index contributed by atoms with van der Waals surface area (Å²) in [7, 11) is 0. The Labute approximate surface area is 259 Å². The molecule has 2 amide bonds.